The van der Waals surface area contributed by atoms with Gasteiger partial charge in [-0.15, -0.1) is 11.3 Å². The quantitative estimate of drug-likeness (QED) is 0.577. The van der Waals surface area contributed by atoms with E-state index in [1.54, 1.807) is 11.3 Å². The summed E-state index contributed by atoms with van der Waals surface area (Å²) >= 11 is 8.11. The molecule has 0 aliphatic carbocycles. The second-order valence-corrected chi connectivity index (χ2v) is 7.57. The van der Waals surface area contributed by atoms with Crippen molar-refractivity contribution in [2.75, 3.05) is 6.61 Å². The van der Waals surface area contributed by atoms with Crippen LogP contribution >= 0.6 is 22.9 Å². The number of amides is 1. The van der Waals surface area contributed by atoms with E-state index in [9.17, 15) is 4.79 Å². The molecule has 138 valence electrons. The molecule has 0 radical (unpaired) electrons. The maximum Gasteiger partial charge on any atom is 0.240 e. The lowest BCUT2D eigenvalue weighted by molar-refractivity contribution is -0.130. The van der Waals surface area contributed by atoms with Crippen LogP contribution in [0.2, 0.25) is 5.15 Å². The van der Waals surface area contributed by atoms with Crippen molar-refractivity contribution in [3.05, 3.63) is 57.4 Å². The molecule has 0 saturated carbocycles. The zero-order chi connectivity index (χ0) is 19.0. The summed E-state index contributed by atoms with van der Waals surface area (Å²) in [6.45, 7) is 4.06. The minimum atomic E-state index is -0.264. The molecule has 3 heterocycles. The minimum absolute atomic E-state index is 0.120. The number of nitrogens with zero attached hydrogens (tertiary/aromatic N) is 3. The molecule has 2 aromatic heterocycles. The van der Waals surface area contributed by atoms with Crippen molar-refractivity contribution in [1.82, 2.24) is 9.99 Å². The van der Waals surface area contributed by atoms with Crippen LogP contribution in [0.25, 0.3) is 10.9 Å². The van der Waals surface area contributed by atoms with Crippen LogP contribution in [0.3, 0.4) is 0 Å². The summed E-state index contributed by atoms with van der Waals surface area (Å²) in [7, 11) is 0. The van der Waals surface area contributed by atoms with Gasteiger partial charge in [0.25, 0.3) is 0 Å². The van der Waals surface area contributed by atoms with Crippen LogP contribution in [0.15, 0.2) is 46.9 Å². The Morgan fingerprint density at radius 2 is 2.22 bits per heavy atom. The highest BCUT2D eigenvalue weighted by Gasteiger charge is 2.33. The number of thiophene rings is 1. The summed E-state index contributed by atoms with van der Waals surface area (Å²) in [5.74, 6) is 0.663. The Bertz CT molecular complexity index is 1030. The summed E-state index contributed by atoms with van der Waals surface area (Å²) in [5.41, 5.74) is 2.48. The summed E-state index contributed by atoms with van der Waals surface area (Å²) < 4.78 is 5.59. The highest BCUT2D eigenvalue weighted by molar-refractivity contribution is 7.12. The van der Waals surface area contributed by atoms with Gasteiger partial charge in [-0.25, -0.2) is 9.99 Å². The highest BCUT2D eigenvalue weighted by atomic mass is 35.5. The van der Waals surface area contributed by atoms with Crippen molar-refractivity contribution in [2.45, 2.75) is 26.3 Å². The van der Waals surface area contributed by atoms with Crippen LogP contribution in [0.4, 0.5) is 0 Å². The van der Waals surface area contributed by atoms with Gasteiger partial charge in [0.05, 0.1) is 28.8 Å². The third-order valence-electron chi connectivity index (χ3n) is 4.48. The van der Waals surface area contributed by atoms with Crippen molar-refractivity contribution in [2.24, 2.45) is 5.10 Å². The van der Waals surface area contributed by atoms with Crippen LogP contribution in [-0.2, 0) is 4.79 Å². The predicted octanol–water partition coefficient (Wildman–Crippen LogP) is 5.05. The number of aromatic nitrogens is 1. The first-order valence-corrected chi connectivity index (χ1v) is 9.96. The maximum absolute atomic E-state index is 12.2. The molecule has 1 aliphatic heterocycles. The molecule has 0 spiro atoms. The molecule has 1 atom stereocenters. The lowest BCUT2D eigenvalue weighted by atomic mass is 10.0. The summed E-state index contributed by atoms with van der Waals surface area (Å²) in [4.78, 5) is 17.8. The molecule has 4 rings (SSSR count). The number of hydrogen-bond acceptors (Lipinski definition) is 5. The third kappa shape index (κ3) is 3.42. The molecule has 5 nitrogen and oxygen atoms in total. The fraction of sp³-hybridized carbons (Fsp3) is 0.250. The number of benzene rings is 1. The Morgan fingerprint density at radius 3 is 2.93 bits per heavy atom. The smallest absolute Gasteiger partial charge is 0.240 e. The Morgan fingerprint density at radius 1 is 1.37 bits per heavy atom. The van der Waals surface area contributed by atoms with Crippen LogP contribution < -0.4 is 4.74 Å². The molecule has 0 bridgehead atoms. The Balaban J connectivity index is 1.76. The topological polar surface area (TPSA) is 54.8 Å². The van der Waals surface area contributed by atoms with Gasteiger partial charge in [-0.3, -0.25) is 4.79 Å². The van der Waals surface area contributed by atoms with E-state index >= 15 is 0 Å². The lowest BCUT2D eigenvalue weighted by Gasteiger charge is -2.21. The SMILES string of the molecule is CCOc1ccc2nc(Cl)c(C3CC(c4cccs4)=NN3C(C)=O)cc2c1. The van der Waals surface area contributed by atoms with Crippen LogP contribution in [0.5, 0.6) is 5.75 Å². The molecule has 1 unspecified atom stereocenters. The predicted molar refractivity (Wildman–Crippen MR) is 109 cm³/mol. The van der Waals surface area contributed by atoms with E-state index in [1.807, 2.05) is 48.7 Å². The normalized spacial score (nSPS) is 16.6. The molecule has 1 amide bonds. The molecule has 7 heteroatoms. The zero-order valence-corrected chi connectivity index (χ0v) is 16.5. The largest absolute Gasteiger partial charge is 0.494 e. The number of ether oxygens (including phenoxy) is 1. The zero-order valence-electron chi connectivity index (χ0n) is 15.0. The average molecular weight is 400 g/mol. The number of fused-ring (bicyclic) bond motifs is 1. The van der Waals surface area contributed by atoms with Gasteiger partial charge in [0.15, 0.2) is 0 Å². The highest BCUT2D eigenvalue weighted by Crippen LogP contribution is 2.38. The van der Waals surface area contributed by atoms with Crippen molar-refractivity contribution >= 4 is 45.5 Å². The van der Waals surface area contributed by atoms with E-state index in [0.29, 0.717) is 18.2 Å². The van der Waals surface area contributed by atoms with E-state index in [-0.39, 0.29) is 11.9 Å². The number of hydrazone groups is 1. The second kappa shape index (κ2) is 7.29. The maximum atomic E-state index is 12.2. The van der Waals surface area contributed by atoms with Gasteiger partial charge < -0.3 is 4.74 Å². The van der Waals surface area contributed by atoms with E-state index in [1.165, 1.54) is 11.9 Å². The van der Waals surface area contributed by atoms with Crippen LogP contribution in [0, 0.1) is 0 Å². The first kappa shape index (κ1) is 17.9. The monoisotopic (exact) mass is 399 g/mol. The van der Waals surface area contributed by atoms with E-state index < -0.39 is 0 Å². The van der Waals surface area contributed by atoms with E-state index in [4.69, 9.17) is 16.3 Å². The minimum Gasteiger partial charge on any atom is -0.494 e. The molecule has 1 aromatic carbocycles. The number of halogens is 1. The molecular weight excluding hydrogens is 382 g/mol. The molecule has 0 fully saturated rings. The summed E-state index contributed by atoms with van der Waals surface area (Å²) in [5, 5.41) is 9.39. The lowest BCUT2D eigenvalue weighted by Crippen LogP contribution is -2.24. The fourth-order valence-corrected chi connectivity index (χ4v) is 4.26. The molecule has 3 aromatic rings. The molecule has 0 saturated heterocycles. The van der Waals surface area contributed by atoms with Crippen LogP contribution in [-0.4, -0.2) is 28.2 Å². The standard InChI is InChI=1S/C20H18ClN3O2S/c1-3-26-14-6-7-16-13(9-14)10-15(20(21)22-16)18-11-17(19-5-4-8-27-19)23-24(18)12(2)25/h4-10,18H,3,11H2,1-2H3. The first-order chi connectivity index (χ1) is 13.1. The van der Waals surface area contributed by atoms with Crippen LogP contribution in [0.1, 0.15) is 36.8 Å². The molecular formula is C20H18ClN3O2S. The Kier molecular flexibility index (Phi) is 4.85. The third-order valence-corrected chi connectivity index (χ3v) is 5.70. The fourth-order valence-electron chi connectivity index (χ4n) is 3.27. The van der Waals surface area contributed by atoms with E-state index in [0.717, 1.165) is 32.8 Å². The van der Waals surface area contributed by atoms with Crippen molar-refractivity contribution < 1.29 is 9.53 Å². The number of hydrogen-bond donors (Lipinski definition) is 0. The van der Waals surface area contributed by atoms with Gasteiger partial charge >= 0.3 is 0 Å². The van der Waals surface area contributed by atoms with Crippen molar-refractivity contribution in [1.29, 1.82) is 0 Å². The summed E-state index contributed by atoms with van der Waals surface area (Å²) in [6.07, 6.45) is 0.609. The van der Waals surface area contributed by atoms with Gasteiger partial charge in [-0.2, -0.15) is 5.10 Å². The Labute approximate surface area is 166 Å². The number of carbonyl (C=O) groups excluding carboxylic acids is 1. The van der Waals surface area contributed by atoms with E-state index in [2.05, 4.69) is 10.1 Å². The summed E-state index contributed by atoms with van der Waals surface area (Å²) in [6, 6.07) is 11.4. The van der Waals surface area contributed by atoms with Gasteiger partial charge in [0, 0.05) is 24.3 Å². The first-order valence-electron chi connectivity index (χ1n) is 8.71. The Hall–Kier alpha value is -2.44. The molecule has 27 heavy (non-hydrogen) atoms. The number of rotatable bonds is 4. The van der Waals surface area contributed by atoms with Gasteiger partial charge in [-0.05, 0) is 42.6 Å². The van der Waals surface area contributed by atoms with Gasteiger partial charge in [0.2, 0.25) is 5.91 Å². The number of pyridine rings is 1. The van der Waals surface area contributed by atoms with Crippen molar-refractivity contribution in [3.63, 3.8) is 0 Å². The average Bonchev–Trinajstić information content (AvgIpc) is 3.31. The molecule has 1 aliphatic rings. The van der Waals surface area contributed by atoms with Gasteiger partial charge in [0.1, 0.15) is 10.9 Å². The van der Waals surface area contributed by atoms with Gasteiger partial charge in [-0.1, -0.05) is 17.7 Å². The second-order valence-electron chi connectivity index (χ2n) is 6.26. The number of carbonyl (C=O) groups is 1. The van der Waals surface area contributed by atoms with Crippen molar-refractivity contribution in [3.8, 4) is 5.75 Å². The molecule has 0 N–H and O–H groups in total.